The molecular formula is C23H44O7. The zero-order valence-electron chi connectivity index (χ0n) is 20.4. The topological polar surface area (TPSA) is 83.5 Å². The monoisotopic (exact) mass is 432 g/mol. The van der Waals surface area contributed by atoms with Gasteiger partial charge in [-0.2, -0.15) is 0 Å². The van der Waals surface area contributed by atoms with E-state index >= 15 is 0 Å². The summed E-state index contributed by atoms with van der Waals surface area (Å²) in [5.41, 5.74) is -0.477. The lowest BCUT2D eigenvalue weighted by molar-refractivity contribution is -0.165. The van der Waals surface area contributed by atoms with E-state index in [4.69, 9.17) is 28.8 Å². The highest BCUT2D eigenvalue weighted by atomic mass is 16.8. The van der Waals surface area contributed by atoms with Crippen LogP contribution >= 0.6 is 0 Å². The lowest BCUT2D eigenvalue weighted by Gasteiger charge is -2.20. The van der Waals surface area contributed by atoms with E-state index in [0.29, 0.717) is 0 Å². The lowest BCUT2D eigenvalue weighted by atomic mass is 9.97. The molecule has 2 unspecified atom stereocenters. The van der Waals surface area contributed by atoms with Crippen molar-refractivity contribution in [3.63, 3.8) is 0 Å². The number of carbonyl (C=O) groups excluding carboxylic acids is 1. The fraction of sp³-hybridized carbons (Fsp3) is 0.957. The standard InChI is InChI=1S/C14H26O4.C9H18O3/c1-7-8-10-11(18-14(5,6)17-10)9-16-12(15)13(2,3)4;1-4-5-7-8(6-10)12-9(2,3)11-7/h10-11H,7-9H2,1-6H3;7-8,10H,4-6H2,1-3H3/t10?,11-;7?,8-/m11/s1. The van der Waals surface area contributed by atoms with Crippen LogP contribution in [0.1, 0.15) is 88.0 Å². The molecule has 2 saturated heterocycles. The Bertz CT molecular complexity index is 524. The first-order valence-corrected chi connectivity index (χ1v) is 11.2. The van der Waals surface area contributed by atoms with Crippen LogP contribution in [-0.4, -0.2) is 60.3 Å². The molecule has 0 aliphatic carbocycles. The molecule has 0 bridgehead atoms. The van der Waals surface area contributed by atoms with E-state index in [1.807, 2.05) is 48.5 Å². The van der Waals surface area contributed by atoms with E-state index in [1.54, 1.807) is 0 Å². The van der Waals surface area contributed by atoms with Crippen molar-refractivity contribution in [3.8, 4) is 0 Å². The van der Waals surface area contributed by atoms with Gasteiger partial charge in [-0.3, -0.25) is 4.79 Å². The fourth-order valence-electron chi connectivity index (χ4n) is 3.55. The number of aliphatic hydroxyl groups is 1. The van der Waals surface area contributed by atoms with Gasteiger partial charge in [-0.05, 0) is 61.3 Å². The molecule has 2 rings (SSSR count). The van der Waals surface area contributed by atoms with Gasteiger partial charge in [0.1, 0.15) is 18.8 Å². The number of aliphatic hydroxyl groups excluding tert-OH is 1. The normalized spacial score (nSPS) is 29.9. The van der Waals surface area contributed by atoms with Gasteiger partial charge in [0, 0.05) is 0 Å². The van der Waals surface area contributed by atoms with Gasteiger partial charge in [-0.15, -0.1) is 0 Å². The molecule has 4 atom stereocenters. The summed E-state index contributed by atoms with van der Waals surface area (Å²) in [5.74, 6) is -1.31. The van der Waals surface area contributed by atoms with E-state index in [9.17, 15) is 4.79 Å². The van der Waals surface area contributed by atoms with Crippen molar-refractivity contribution in [2.45, 2.75) is 124 Å². The largest absolute Gasteiger partial charge is 0.462 e. The molecule has 7 nitrogen and oxygen atoms in total. The number of rotatable bonds is 7. The second-order valence-corrected chi connectivity index (χ2v) is 10.0. The molecule has 0 aromatic rings. The molecule has 2 heterocycles. The molecule has 30 heavy (non-hydrogen) atoms. The SMILES string of the molecule is CCCC1OC(C)(C)O[C@@H]1CO.CCCC1OC(C)(C)O[C@@H]1COC(=O)C(C)(C)C. The van der Waals surface area contributed by atoms with Crippen molar-refractivity contribution < 1.29 is 33.6 Å². The minimum Gasteiger partial charge on any atom is -0.462 e. The van der Waals surface area contributed by atoms with Crippen molar-refractivity contribution in [3.05, 3.63) is 0 Å². The zero-order chi connectivity index (χ0) is 23.2. The summed E-state index contributed by atoms with van der Waals surface area (Å²) in [7, 11) is 0. The average molecular weight is 433 g/mol. The van der Waals surface area contributed by atoms with Gasteiger partial charge < -0.3 is 28.8 Å². The quantitative estimate of drug-likeness (QED) is 0.604. The minimum atomic E-state index is -0.585. The van der Waals surface area contributed by atoms with Crippen LogP contribution in [0.5, 0.6) is 0 Å². The molecule has 1 N–H and O–H groups in total. The Balaban J connectivity index is 0.000000325. The van der Waals surface area contributed by atoms with E-state index in [0.717, 1.165) is 25.7 Å². The Morgan fingerprint density at radius 2 is 1.23 bits per heavy atom. The second-order valence-electron chi connectivity index (χ2n) is 10.0. The summed E-state index contributed by atoms with van der Waals surface area (Å²) in [6.07, 6.45) is 3.73. The number of hydrogen-bond donors (Lipinski definition) is 1. The highest BCUT2D eigenvalue weighted by Crippen LogP contribution is 2.31. The molecule has 0 saturated carbocycles. The Labute approximate surface area is 182 Å². The van der Waals surface area contributed by atoms with Gasteiger partial charge in [-0.25, -0.2) is 0 Å². The fourth-order valence-corrected chi connectivity index (χ4v) is 3.55. The van der Waals surface area contributed by atoms with E-state index in [1.165, 1.54) is 0 Å². The maximum absolute atomic E-state index is 11.7. The summed E-state index contributed by atoms with van der Waals surface area (Å²) in [6, 6.07) is 0. The molecule has 0 radical (unpaired) electrons. The van der Waals surface area contributed by atoms with Gasteiger partial charge in [0.25, 0.3) is 0 Å². The number of hydrogen-bond acceptors (Lipinski definition) is 7. The smallest absolute Gasteiger partial charge is 0.311 e. The molecular weight excluding hydrogens is 388 g/mol. The van der Waals surface area contributed by atoms with Crippen molar-refractivity contribution in [2.24, 2.45) is 5.41 Å². The average Bonchev–Trinajstić information content (AvgIpc) is 3.07. The molecule has 0 amide bonds. The third-order valence-corrected chi connectivity index (χ3v) is 4.89. The summed E-state index contributed by atoms with van der Waals surface area (Å²) in [4.78, 5) is 11.7. The minimum absolute atomic E-state index is 0.0118. The van der Waals surface area contributed by atoms with Crippen molar-refractivity contribution in [2.75, 3.05) is 13.2 Å². The predicted molar refractivity (Wildman–Crippen MR) is 115 cm³/mol. The summed E-state index contributed by atoms with van der Waals surface area (Å²) < 4.78 is 28.0. The van der Waals surface area contributed by atoms with E-state index in [-0.39, 0.29) is 43.6 Å². The lowest BCUT2D eigenvalue weighted by Crippen LogP contribution is -2.32. The molecule has 0 aromatic heterocycles. The maximum Gasteiger partial charge on any atom is 0.311 e. The van der Waals surface area contributed by atoms with Gasteiger partial charge in [0.05, 0.1) is 24.2 Å². The van der Waals surface area contributed by atoms with Crippen LogP contribution in [0.15, 0.2) is 0 Å². The van der Waals surface area contributed by atoms with E-state index in [2.05, 4.69) is 13.8 Å². The van der Waals surface area contributed by atoms with Gasteiger partial charge >= 0.3 is 5.97 Å². The summed E-state index contributed by atoms with van der Waals surface area (Å²) >= 11 is 0. The van der Waals surface area contributed by atoms with Gasteiger partial charge in [0.15, 0.2) is 11.6 Å². The summed E-state index contributed by atoms with van der Waals surface area (Å²) in [6.45, 7) is 17.6. The number of carbonyl (C=O) groups is 1. The third-order valence-electron chi connectivity index (χ3n) is 4.89. The van der Waals surface area contributed by atoms with Crippen LogP contribution in [-0.2, 0) is 28.5 Å². The molecule has 2 fully saturated rings. The highest BCUT2D eigenvalue weighted by Gasteiger charge is 2.42. The number of ether oxygens (including phenoxy) is 5. The molecule has 0 spiro atoms. The highest BCUT2D eigenvalue weighted by molar-refractivity contribution is 5.75. The molecule has 0 aromatic carbocycles. The van der Waals surface area contributed by atoms with Crippen LogP contribution in [0.2, 0.25) is 0 Å². The Kier molecular flexibility index (Phi) is 10.2. The second kappa shape index (κ2) is 11.2. The Hall–Kier alpha value is -0.730. The van der Waals surface area contributed by atoms with E-state index < -0.39 is 17.0 Å². The Morgan fingerprint density at radius 3 is 1.63 bits per heavy atom. The first kappa shape index (κ1) is 27.3. The van der Waals surface area contributed by atoms with Crippen LogP contribution in [0.3, 0.4) is 0 Å². The number of esters is 1. The molecule has 2 aliphatic rings. The van der Waals surface area contributed by atoms with Crippen LogP contribution in [0.25, 0.3) is 0 Å². The zero-order valence-corrected chi connectivity index (χ0v) is 20.4. The van der Waals surface area contributed by atoms with Crippen molar-refractivity contribution in [1.82, 2.24) is 0 Å². The third kappa shape index (κ3) is 8.79. The van der Waals surface area contributed by atoms with Crippen LogP contribution in [0, 0.1) is 5.41 Å². The molecule has 7 heteroatoms. The molecule has 178 valence electrons. The van der Waals surface area contributed by atoms with Gasteiger partial charge in [-0.1, -0.05) is 26.7 Å². The van der Waals surface area contributed by atoms with Crippen LogP contribution < -0.4 is 0 Å². The van der Waals surface area contributed by atoms with Crippen LogP contribution in [0.4, 0.5) is 0 Å². The first-order chi connectivity index (χ1) is 13.7. The summed E-state index contributed by atoms with van der Waals surface area (Å²) in [5, 5.41) is 8.99. The van der Waals surface area contributed by atoms with Gasteiger partial charge in [0.2, 0.25) is 0 Å². The van der Waals surface area contributed by atoms with Crippen molar-refractivity contribution >= 4 is 5.97 Å². The first-order valence-electron chi connectivity index (χ1n) is 11.2. The predicted octanol–water partition coefficient (Wildman–Crippen LogP) is 4.19. The maximum atomic E-state index is 11.7. The molecule has 2 aliphatic heterocycles. The van der Waals surface area contributed by atoms with Crippen molar-refractivity contribution in [1.29, 1.82) is 0 Å². The Morgan fingerprint density at radius 1 is 0.833 bits per heavy atom.